The Balaban J connectivity index is 2.24. The van der Waals surface area contributed by atoms with Crippen molar-refractivity contribution in [1.82, 2.24) is 9.80 Å². The van der Waals surface area contributed by atoms with E-state index < -0.39 is 6.04 Å². The van der Waals surface area contributed by atoms with Gasteiger partial charge in [-0.05, 0) is 38.6 Å². The van der Waals surface area contributed by atoms with Gasteiger partial charge >= 0.3 is 0 Å². The summed E-state index contributed by atoms with van der Waals surface area (Å²) in [6.07, 6.45) is 0. The molecule has 2 aliphatic heterocycles. The van der Waals surface area contributed by atoms with Gasteiger partial charge in [0.2, 0.25) is 0 Å². The molecule has 1 atom stereocenters. The second-order valence-corrected chi connectivity index (χ2v) is 7.29. The maximum Gasteiger partial charge on any atom is 0.254 e. The van der Waals surface area contributed by atoms with Gasteiger partial charge in [-0.15, -0.1) is 0 Å². The number of nitrogens with zero attached hydrogens (tertiary/aromatic N) is 4. The number of amidine groups is 1. The number of hydrogen-bond donors (Lipinski definition) is 1. The highest BCUT2D eigenvalue weighted by Gasteiger charge is 2.43. The standard InChI is InChI=1S/C20H23N5O2S/c1-5-24(6-2)19(26)16-12(3)23-20-25(18(22)15(11-21)28-20)17(16)13-9-7-8-10-14(13)27-4/h7-10,17H,5-6,22H2,1-4H3. The number of thioether (sulfide) groups is 1. The molecule has 3 rings (SSSR count). The molecule has 0 spiro atoms. The predicted molar refractivity (Wildman–Crippen MR) is 110 cm³/mol. The summed E-state index contributed by atoms with van der Waals surface area (Å²) in [6, 6.07) is 9.14. The van der Waals surface area contributed by atoms with Gasteiger partial charge in [0.05, 0.1) is 24.4 Å². The fourth-order valence-corrected chi connectivity index (χ4v) is 4.40. The number of rotatable bonds is 5. The summed E-state index contributed by atoms with van der Waals surface area (Å²) in [5, 5.41) is 10.0. The van der Waals surface area contributed by atoms with E-state index in [1.54, 1.807) is 16.9 Å². The minimum atomic E-state index is -0.518. The van der Waals surface area contributed by atoms with Crippen LogP contribution in [0.5, 0.6) is 5.75 Å². The van der Waals surface area contributed by atoms with Gasteiger partial charge in [-0.2, -0.15) is 5.26 Å². The maximum atomic E-state index is 13.4. The molecule has 1 aromatic carbocycles. The molecule has 2 heterocycles. The Morgan fingerprint density at radius 1 is 1.39 bits per heavy atom. The monoisotopic (exact) mass is 397 g/mol. The lowest BCUT2D eigenvalue weighted by Crippen LogP contribution is -2.42. The van der Waals surface area contributed by atoms with Crippen LogP contribution in [0.2, 0.25) is 0 Å². The molecule has 8 heteroatoms. The van der Waals surface area contributed by atoms with Crippen LogP contribution in [0.1, 0.15) is 32.4 Å². The minimum Gasteiger partial charge on any atom is -0.496 e. The molecule has 28 heavy (non-hydrogen) atoms. The van der Waals surface area contributed by atoms with Gasteiger partial charge < -0.3 is 15.4 Å². The summed E-state index contributed by atoms with van der Waals surface area (Å²) in [6.45, 7) is 6.89. The molecule has 0 aliphatic carbocycles. The molecule has 1 unspecified atom stereocenters. The van der Waals surface area contributed by atoms with Crippen LogP contribution in [0.15, 0.2) is 51.3 Å². The van der Waals surface area contributed by atoms with Crippen LogP contribution in [0.3, 0.4) is 0 Å². The van der Waals surface area contributed by atoms with E-state index in [1.165, 1.54) is 11.8 Å². The topological polar surface area (TPSA) is 95.0 Å². The highest BCUT2D eigenvalue weighted by atomic mass is 32.2. The van der Waals surface area contributed by atoms with Crippen LogP contribution in [0, 0.1) is 11.3 Å². The van der Waals surface area contributed by atoms with Crippen molar-refractivity contribution in [2.45, 2.75) is 26.8 Å². The second-order valence-electron chi connectivity index (χ2n) is 6.31. The molecular weight excluding hydrogens is 374 g/mol. The number of carbonyl (C=O) groups excluding carboxylic acids is 1. The first-order chi connectivity index (χ1) is 13.5. The van der Waals surface area contributed by atoms with Gasteiger partial charge in [0, 0.05) is 18.7 Å². The Morgan fingerprint density at radius 2 is 2.07 bits per heavy atom. The van der Waals surface area contributed by atoms with Gasteiger partial charge in [0.15, 0.2) is 5.17 Å². The van der Waals surface area contributed by atoms with E-state index in [-0.39, 0.29) is 5.91 Å². The summed E-state index contributed by atoms with van der Waals surface area (Å²) >= 11 is 1.22. The lowest BCUT2D eigenvalue weighted by molar-refractivity contribution is -0.127. The molecule has 7 nitrogen and oxygen atoms in total. The smallest absolute Gasteiger partial charge is 0.254 e. The zero-order valence-corrected chi connectivity index (χ0v) is 17.2. The maximum absolute atomic E-state index is 13.4. The molecule has 0 radical (unpaired) electrons. The Morgan fingerprint density at radius 3 is 2.68 bits per heavy atom. The van der Waals surface area contributed by atoms with E-state index in [9.17, 15) is 10.1 Å². The molecule has 2 N–H and O–H groups in total. The van der Waals surface area contributed by atoms with Crippen molar-refractivity contribution in [3.63, 3.8) is 0 Å². The third-order valence-corrected chi connectivity index (χ3v) is 5.87. The summed E-state index contributed by atoms with van der Waals surface area (Å²) in [5.41, 5.74) is 8.27. The number of ether oxygens (including phenoxy) is 1. The van der Waals surface area contributed by atoms with Crippen LogP contribution < -0.4 is 10.5 Å². The molecule has 0 aromatic heterocycles. The molecule has 1 aromatic rings. The van der Waals surface area contributed by atoms with Crippen LogP contribution in [0.4, 0.5) is 0 Å². The van der Waals surface area contributed by atoms with E-state index in [1.807, 2.05) is 45.0 Å². The number of amides is 1. The fraction of sp³-hybridized carbons (Fsp3) is 0.350. The Bertz CT molecular complexity index is 940. The predicted octanol–water partition coefficient (Wildman–Crippen LogP) is 2.95. The molecule has 1 amide bonds. The van der Waals surface area contributed by atoms with E-state index in [0.29, 0.717) is 46.0 Å². The third kappa shape index (κ3) is 3.12. The molecule has 0 bridgehead atoms. The van der Waals surface area contributed by atoms with Crippen LogP contribution in [0.25, 0.3) is 0 Å². The number of nitrogens with two attached hydrogens (primary N) is 1. The third-order valence-electron chi connectivity index (χ3n) is 4.89. The number of hydrogen-bond acceptors (Lipinski definition) is 7. The summed E-state index contributed by atoms with van der Waals surface area (Å²) in [7, 11) is 1.59. The van der Waals surface area contributed by atoms with Crippen molar-refractivity contribution in [1.29, 1.82) is 5.26 Å². The first-order valence-corrected chi connectivity index (χ1v) is 9.88. The van der Waals surface area contributed by atoms with Gasteiger partial charge in [0.1, 0.15) is 22.5 Å². The fourth-order valence-electron chi connectivity index (χ4n) is 3.48. The minimum absolute atomic E-state index is 0.0931. The number of methoxy groups -OCH3 is 1. The number of nitriles is 1. The Kier molecular flexibility index (Phi) is 5.66. The average molecular weight is 398 g/mol. The number of para-hydroxylation sites is 1. The summed E-state index contributed by atoms with van der Waals surface area (Å²) in [5.74, 6) is 0.860. The van der Waals surface area contributed by atoms with Crippen LogP contribution >= 0.6 is 11.8 Å². The number of likely N-dealkylation sites (N-methyl/N-ethyl adjacent to an activating group) is 1. The number of allylic oxidation sites excluding steroid dienone is 2. The van der Waals surface area contributed by atoms with Crippen molar-refractivity contribution in [2.75, 3.05) is 20.2 Å². The van der Waals surface area contributed by atoms with E-state index in [2.05, 4.69) is 11.1 Å². The normalized spacial score (nSPS) is 18.6. The second kappa shape index (κ2) is 7.98. The van der Waals surface area contributed by atoms with Crippen molar-refractivity contribution in [3.8, 4) is 11.8 Å². The van der Waals surface area contributed by atoms with Crippen molar-refractivity contribution < 1.29 is 9.53 Å². The van der Waals surface area contributed by atoms with Gasteiger partial charge in [-0.25, -0.2) is 4.99 Å². The summed E-state index contributed by atoms with van der Waals surface area (Å²) < 4.78 is 5.57. The number of fused-ring (bicyclic) bond motifs is 1. The number of aliphatic imine (C=N–C) groups is 1. The largest absolute Gasteiger partial charge is 0.496 e. The molecule has 0 saturated carbocycles. The first-order valence-electron chi connectivity index (χ1n) is 9.06. The van der Waals surface area contributed by atoms with Gasteiger partial charge in [-0.1, -0.05) is 18.2 Å². The lowest BCUT2D eigenvalue weighted by atomic mass is 9.92. The molecule has 0 saturated heterocycles. The van der Waals surface area contributed by atoms with E-state index in [0.717, 1.165) is 5.56 Å². The van der Waals surface area contributed by atoms with E-state index >= 15 is 0 Å². The molecule has 0 fully saturated rings. The Labute approximate surface area is 169 Å². The quantitative estimate of drug-likeness (QED) is 0.821. The van der Waals surface area contributed by atoms with Crippen molar-refractivity contribution in [2.24, 2.45) is 10.7 Å². The number of benzene rings is 1. The average Bonchev–Trinajstić information content (AvgIpc) is 3.02. The molecular formula is C20H23N5O2S. The zero-order valence-electron chi connectivity index (χ0n) is 16.4. The van der Waals surface area contributed by atoms with E-state index in [4.69, 9.17) is 10.5 Å². The van der Waals surface area contributed by atoms with Gasteiger partial charge in [0.25, 0.3) is 5.91 Å². The first kappa shape index (κ1) is 19.8. The zero-order chi connectivity index (χ0) is 20.4. The highest BCUT2D eigenvalue weighted by molar-refractivity contribution is 8.17. The van der Waals surface area contributed by atoms with Gasteiger partial charge in [-0.3, -0.25) is 9.69 Å². The summed E-state index contributed by atoms with van der Waals surface area (Å²) in [4.78, 5) is 21.9. The highest BCUT2D eigenvalue weighted by Crippen LogP contribution is 2.47. The number of carbonyl (C=O) groups is 1. The lowest BCUT2D eigenvalue weighted by Gasteiger charge is -2.37. The van der Waals surface area contributed by atoms with Crippen LogP contribution in [-0.4, -0.2) is 41.1 Å². The van der Waals surface area contributed by atoms with Crippen molar-refractivity contribution in [3.05, 3.63) is 51.8 Å². The Hall–Kier alpha value is -2.92. The van der Waals surface area contributed by atoms with Crippen LogP contribution in [-0.2, 0) is 4.79 Å². The SMILES string of the molecule is CCN(CC)C(=O)C1=C(C)N=C2SC(C#N)=C(N)N2C1c1ccccc1OC. The molecule has 146 valence electrons. The molecule has 2 aliphatic rings. The van der Waals surface area contributed by atoms with Crippen molar-refractivity contribution >= 4 is 22.8 Å².